The first-order valence-corrected chi connectivity index (χ1v) is 8.66. The van der Waals surface area contributed by atoms with E-state index in [2.05, 4.69) is 11.1 Å². The number of carbonyl (C=O) groups is 1. The topological polar surface area (TPSA) is 33.2 Å². The average Bonchev–Trinajstić information content (AvgIpc) is 2.64. The van der Waals surface area contributed by atoms with Crippen LogP contribution in [0.3, 0.4) is 0 Å². The summed E-state index contributed by atoms with van der Waals surface area (Å²) in [5.74, 6) is -0.324. The molecule has 0 saturated carbocycles. The van der Waals surface area contributed by atoms with Gasteiger partial charge in [-0.25, -0.2) is 4.39 Å². The molecule has 4 rings (SSSR count). The molecule has 4 heteroatoms. The van der Waals surface area contributed by atoms with Crippen LogP contribution in [0.2, 0.25) is 0 Å². The van der Waals surface area contributed by atoms with Crippen LogP contribution in [0, 0.1) is 19.7 Å². The van der Waals surface area contributed by atoms with E-state index in [4.69, 9.17) is 0 Å². The van der Waals surface area contributed by atoms with Crippen molar-refractivity contribution in [1.82, 2.24) is 4.98 Å². The molecule has 1 aliphatic heterocycles. The summed E-state index contributed by atoms with van der Waals surface area (Å²) in [6.07, 6.45) is 4.09. The molecule has 130 valence electrons. The van der Waals surface area contributed by atoms with Gasteiger partial charge in [0.15, 0.2) is 0 Å². The van der Waals surface area contributed by atoms with Gasteiger partial charge in [0.25, 0.3) is 5.91 Å². The van der Waals surface area contributed by atoms with Crippen LogP contribution in [0.5, 0.6) is 0 Å². The zero-order valence-corrected chi connectivity index (χ0v) is 14.8. The second-order valence-corrected chi connectivity index (χ2v) is 6.78. The van der Waals surface area contributed by atoms with E-state index in [-0.39, 0.29) is 11.7 Å². The summed E-state index contributed by atoms with van der Waals surface area (Å²) in [6.45, 7) is 4.55. The zero-order valence-electron chi connectivity index (χ0n) is 14.8. The summed E-state index contributed by atoms with van der Waals surface area (Å²) in [7, 11) is 0. The summed E-state index contributed by atoms with van der Waals surface area (Å²) in [5, 5.41) is 0. The average molecular weight is 346 g/mol. The molecule has 0 radical (unpaired) electrons. The van der Waals surface area contributed by atoms with Gasteiger partial charge in [-0.05, 0) is 50.1 Å². The molecule has 0 N–H and O–H groups in total. The van der Waals surface area contributed by atoms with Crippen molar-refractivity contribution in [3.8, 4) is 11.1 Å². The third kappa shape index (κ3) is 2.88. The van der Waals surface area contributed by atoms with Crippen molar-refractivity contribution in [2.75, 3.05) is 11.4 Å². The Morgan fingerprint density at radius 1 is 0.962 bits per heavy atom. The van der Waals surface area contributed by atoms with Gasteiger partial charge in [-0.3, -0.25) is 9.78 Å². The fourth-order valence-corrected chi connectivity index (χ4v) is 3.45. The second-order valence-electron chi connectivity index (χ2n) is 6.78. The maximum Gasteiger partial charge on any atom is 0.258 e. The van der Waals surface area contributed by atoms with Crippen LogP contribution in [0.4, 0.5) is 10.1 Å². The Morgan fingerprint density at radius 2 is 1.73 bits per heavy atom. The molecule has 0 spiro atoms. The fraction of sp³-hybridized carbons (Fsp3) is 0.182. The summed E-state index contributed by atoms with van der Waals surface area (Å²) < 4.78 is 14.2. The number of hydrogen-bond acceptors (Lipinski definition) is 2. The highest BCUT2D eigenvalue weighted by Crippen LogP contribution is 2.29. The number of fused-ring (bicyclic) bond motifs is 1. The second kappa shape index (κ2) is 6.37. The molecule has 0 aliphatic carbocycles. The Bertz CT molecular complexity index is 1010. The molecular formula is C22H19FN2O. The number of benzene rings is 2. The molecule has 1 aliphatic rings. The van der Waals surface area contributed by atoms with E-state index in [0.29, 0.717) is 23.4 Å². The fourth-order valence-electron chi connectivity index (χ4n) is 3.45. The van der Waals surface area contributed by atoms with Gasteiger partial charge in [0.1, 0.15) is 5.82 Å². The number of aromatic nitrogens is 1. The van der Waals surface area contributed by atoms with E-state index < -0.39 is 0 Å². The molecule has 2 aromatic carbocycles. The van der Waals surface area contributed by atoms with Crippen LogP contribution >= 0.6 is 0 Å². The number of hydrogen-bond donors (Lipinski definition) is 0. The Hall–Kier alpha value is -3.01. The summed E-state index contributed by atoms with van der Waals surface area (Å²) in [5.41, 5.74) is 5.81. The van der Waals surface area contributed by atoms with E-state index in [0.717, 1.165) is 28.7 Å². The normalized spacial score (nSPS) is 13.7. The Morgan fingerprint density at radius 3 is 2.58 bits per heavy atom. The molecule has 0 fully saturated rings. The van der Waals surface area contributed by atoms with Crippen LogP contribution in [-0.2, 0) is 6.42 Å². The van der Waals surface area contributed by atoms with Crippen molar-refractivity contribution in [2.45, 2.75) is 20.3 Å². The van der Waals surface area contributed by atoms with E-state index in [9.17, 15) is 9.18 Å². The first-order valence-electron chi connectivity index (χ1n) is 8.66. The lowest BCUT2D eigenvalue weighted by atomic mass is 9.96. The molecule has 1 aromatic heterocycles. The Labute approximate surface area is 152 Å². The van der Waals surface area contributed by atoms with E-state index in [1.807, 2.05) is 32.0 Å². The zero-order chi connectivity index (χ0) is 18.3. The summed E-state index contributed by atoms with van der Waals surface area (Å²) in [6, 6.07) is 12.7. The number of anilines is 1. The highest BCUT2D eigenvalue weighted by atomic mass is 19.1. The minimum Gasteiger partial charge on any atom is -0.306 e. The lowest BCUT2D eigenvalue weighted by Gasteiger charge is -2.29. The third-order valence-electron chi connectivity index (χ3n) is 4.81. The first kappa shape index (κ1) is 16.5. The predicted molar refractivity (Wildman–Crippen MR) is 101 cm³/mol. The summed E-state index contributed by atoms with van der Waals surface area (Å²) >= 11 is 0. The maximum atomic E-state index is 14.2. The molecular weight excluding hydrogens is 327 g/mol. The first-order chi connectivity index (χ1) is 12.5. The largest absolute Gasteiger partial charge is 0.306 e. The van der Waals surface area contributed by atoms with E-state index in [1.165, 1.54) is 6.07 Å². The lowest BCUT2D eigenvalue weighted by Crippen LogP contribution is -2.37. The quantitative estimate of drug-likeness (QED) is 0.673. The van der Waals surface area contributed by atoms with Gasteiger partial charge >= 0.3 is 0 Å². The van der Waals surface area contributed by atoms with Gasteiger partial charge in [0, 0.05) is 29.4 Å². The van der Waals surface area contributed by atoms with Gasteiger partial charge in [-0.2, -0.15) is 0 Å². The smallest absolute Gasteiger partial charge is 0.258 e. The maximum absolute atomic E-state index is 14.2. The van der Waals surface area contributed by atoms with Gasteiger partial charge in [-0.1, -0.05) is 29.3 Å². The summed E-state index contributed by atoms with van der Waals surface area (Å²) in [4.78, 5) is 18.9. The standard InChI is InChI=1S/C22H19FN2O/c1-14-3-5-19-16(9-14)7-8-25(22(19)26)18-11-17(12-24-13-18)20-10-15(2)4-6-21(20)23/h3-6,9-13H,7-8H2,1-2H3. The molecule has 3 nitrogen and oxygen atoms in total. The Kier molecular flexibility index (Phi) is 4.03. The number of rotatable bonds is 2. The SMILES string of the molecule is Cc1ccc2c(c1)CCN(c1cncc(-c3cc(C)ccc3F)c1)C2=O. The molecule has 26 heavy (non-hydrogen) atoms. The van der Waals surface area contributed by atoms with E-state index in [1.54, 1.807) is 29.4 Å². The number of halogens is 1. The number of nitrogens with zero attached hydrogens (tertiary/aromatic N) is 2. The van der Waals surface area contributed by atoms with E-state index >= 15 is 0 Å². The van der Waals surface area contributed by atoms with Gasteiger partial charge in [0.2, 0.25) is 0 Å². The van der Waals surface area contributed by atoms with Crippen LogP contribution in [0.25, 0.3) is 11.1 Å². The van der Waals surface area contributed by atoms with Crippen molar-refractivity contribution < 1.29 is 9.18 Å². The van der Waals surface area contributed by atoms with Gasteiger partial charge < -0.3 is 4.90 Å². The number of carbonyl (C=O) groups excluding carboxylic acids is 1. The molecule has 3 aromatic rings. The predicted octanol–water partition coefficient (Wildman–Crippen LogP) is 4.71. The third-order valence-corrected chi connectivity index (χ3v) is 4.81. The van der Waals surface area contributed by atoms with Crippen molar-refractivity contribution >= 4 is 11.6 Å². The molecule has 0 atom stereocenters. The highest BCUT2D eigenvalue weighted by Gasteiger charge is 2.26. The lowest BCUT2D eigenvalue weighted by molar-refractivity contribution is 0.0980. The molecule has 2 heterocycles. The molecule has 0 bridgehead atoms. The van der Waals surface area contributed by atoms with Crippen LogP contribution in [0.15, 0.2) is 54.9 Å². The number of pyridine rings is 1. The number of amides is 1. The van der Waals surface area contributed by atoms with Crippen molar-refractivity contribution in [2.24, 2.45) is 0 Å². The molecule has 0 unspecified atom stereocenters. The van der Waals surface area contributed by atoms with Gasteiger partial charge in [-0.15, -0.1) is 0 Å². The minimum atomic E-state index is -0.291. The van der Waals surface area contributed by atoms with Gasteiger partial charge in [0.05, 0.1) is 11.9 Å². The molecule has 0 saturated heterocycles. The van der Waals surface area contributed by atoms with Crippen LogP contribution < -0.4 is 4.90 Å². The monoisotopic (exact) mass is 346 g/mol. The Balaban J connectivity index is 1.72. The minimum absolute atomic E-state index is 0.0325. The number of aryl methyl sites for hydroxylation is 2. The molecule has 1 amide bonds. The van der Waals surface area contributed by atoms with Crippen molar-refractivity contribution in [1.29, 1.82) is 0 Å². The highest BCUT2D eigenvalue weighted by molar-refractivity contribution is 6.08. The van der Waals surface area contributed by atoms with Crippen molar-refractivity contribution in [3.05, 3.63) is 82.9 Å². The van der Waals surface area contributed by atoms with Crippen LogP contribution in [-0.4, -0.2) is 17.4 Å². The van der Waals surface area contributed by atoms with Crippen LogP contribution in [0.1, 0.15) is 27.0 Å². The van der Waals surface area contributed by atoms with Crippen molar-refractivity contribution in [3.63, 3.8) is 0 Å².